The van der Waals surface area contributed by atoms with Gasteiger partial charge in [0.25, 0.3) is 0 Å². The molecule has 1 saturated carbocycles. The van der Waals surface area contributed by atoms with Crippen molar-refractivity contribution in [1.29, 1.82) is 0 Å². The molecule has 0 spiro atoms. The molecule has 1 N–H and O–H groups in total. The van der Waals surface area contributed by atoms with E-state index in [9.17, 15) is 13.2 Å². The summed E-state index contributed by atoms with van der Waals surface area (Å²) >= 11 is 0. The molecule has 0 bridgehead atoms. The monoisotopic (exact) mass is 235 g/mol. The molecule has 1 rings (SSSR count). The molecule has 2 unspecified atom stereocenters. The number of carbonyl (C=O) groups is 1. The smallest absolute Gasteiger partial charge is 0.323 e. The van der Waals surface area contributed by atoms with Gasteiger partial charge in [-0.2, -0.15) is 0 Å². The molecule has 0 aliphatic heterocycles. The molecule has 1 aliphatic carbocycles. The zero-order valence-corrected chi connectivity index (χ0v) is 9.99. The Bertz CT molecular complexity index is 347. The molecule has 0 heterocycles. The number of carboxylic acids is 1. The molecule has 88 valence electrons. The fraction of sp³-hybridized carbons (Fsp3) is 0.889. The molecule has 0 saturated heterocycles. The van der Waals surface area contributed by atoms with Crippen LogP contribution in [0.5, 0.6) is 0 Å². The zero-order valence-electron chi connectivity index (χ0n) is 9.17. The van der Waals surface area contributed by atoms with Gasteiger partial charge in [-0.25, -0.2) is 12.7 Å². The lowest BCUT2D eigenvalue weighted by Gasteiger charge is -2.25. The first-order chi connectivity index (χ1) is 6.78. The maximum Gasteiger partial charge on any atom is 0.323 e. The van der Waals surface area contributed by atoms with E-state index >= 15 is 0 Å². The van der Waals surface area contributed by atoms with Crippen LogP contribution in [0.25, 0.3) is 0 Å². The number of hydrogen-bond acceptors (Lipinski definition) is 3. The Morgan fingerprint density at radius 3 is 2.20 bits per heavy atom. The molecule has 15 heavy (non-hydrogen) atoms. The molecule has 5 nitrogen and oxygen atoms in total. The highest BCUT2D eigenvalue weighted by atomic mass is 32.2. The van der Waals surface area contributed by atoms with Crippen molar-refractivity contribution in [3.63, 3.8) is 0 Å². The number of carboxylic acid groups (broad SMARTS) is 1. The molecule has 0 aromatic carbocycles. The van der Waals surface area contributed by atoms with Gasteiger partial charge in [-0.05, 0) is 32.6 Å². The maximum atomic E-state index is 11.8. The van der Waals surface area contributed by atoms with Gasteiger partial charge >= 0.3 is 5.97 Å². The van der Waals surface area contributed by atoms with Gasteiger partial charge in [0.2, 0.25) is 10.0 Å². The molecular weight excluding hydrogens is 218 g/mol. The van der Waals surface area contributed by atoms with Crippen molar-refractivity contribution in [2.24, 2.45) is 5.92 Å². The zero-order chi connectivity index (χ0) is 11.8. The average molecular weight is 235 g/mol. The number of rotatable bonds is 5. The highest BCUT2D eigenvalue weighted by molar-refractivity contribution is 7.90. The second-order valence-electron chi connectivity index (χ2n) is 4.12. The van der Waals surface area contributed by atoms with Crippen molar-refractivity contribution in [2.45, 2.75) is 38.0 Å². The number of aliphatic carboxylic acids is 1. The van der Waals surface area contributed by atoms with E-state index in [-0.39, 0.29) is 6.04 Å². The first kappa shape index (κ1) is 12.4. The van der Waals surface area contributed by atoms with Crippen LogP contribution in [0.15, 0.2) is 0 Å². The van der Waals surface area contributed by atoms with Crippen LogP contribution in [-0.4, -0.2) is 42.1 Å². The third kappa shape index (κ3) is 2.49. The average Bonchev–Trinajstić information content (AvgIpc) is 2.97. The third-order valence-corrected chi connectivity index (χ3v) is 5.30. The van der Waals surface area contributed by atoms with Crippen LogP contribution < -0.4 is 0 Å². The summed E-state index contributed by atoms with van der Waals surface area (Å²) in [4.78, 5) is 10.7. The maximum absolute atomic E-state index is 11.8. The van der Waals surface area contributed by atoms with E-state index in [0.29, 0.717) is 5.92 Å². The van der Waals surface area contributed by atoms with Crippen molar-refractivity contribution in [2.75, 3.05) is 7.05 Å². The minimum absolute atomic E-state index is 0.100. The Labute approximate surface area is 90.1 Å². The largest absolute Gasteiger partial charge is 0.480 e. The Hall–Kier alpha value is -0.620. The lowest BCUT2D eigenvalue weighted by molar-refractivity contribution is -0.136. The van der Waals surface area contributed by atoms with E-state index < -0.39 is 21.2 Å². The summed E-state index contributed by atoms with van der Waals surface area (Å²) in [6.45, 7) is 3.03. The highest BCUT2D eigenvalue weighted by Gasteiger charge is 2.39. The minimum Gasteiger partial charge on any atom is -0.480 e. The SMILES string of the molecule is CC(C1CC1)N(C)S(=O)(=O)C(C)C(=O)O. The normalized spacial score (nSPS) is 21.3. The van der Waals surface area contributed by atoms with Crippen LogP contribution >= 0.6 is 0 Å². The molecule has 2 atom stereocenters. The summed E-state index contributed by atoms with van der Waals surface area (Å²) in [5.41, 5.74) is 0. The fourth-order valence-electron chi connectivity index (χ4n) is 1.48. The van der Waals surface area contributed by atoms with E-state index in [1.165, 1.54) is 18.3 Å². The van der Waals surface area contributed by atoms with Crippen LogP contribution in [0, 0.1) is 5.92 Å². The Morgan fingerprint density at radius 1 is 1.40 bits per heavy atom. The second-order valence-corrected chi connectivity index (χ2v) is 6.43. The molecule has 0 aromatic rings. The summed E-state index contributed by atoms with van der Waals surface area (Å²) in [6, 6.07) is -0.100. The Balaban J connectivity index is 2.80. The minimum atomic E-state index is -3.71. The van der Waals surface area contributed by atoms with Crippen molar-refractivity contribution in [3.8, 4) is 0 Å². The first-order valence-corrected chi connectivity index (χ1v) is 6.48. The molecule has 1 aliphatic rings. The molecule has 6 heteroatoms. The lowest BCUT2D eigenvalue weighted by Crippen LogP contribution is -2.44. The van der Waals surface area contributed by atoms with Crippen LogP contribution in [0.3, 0.4) is 0 Å². The van der Waals surface area contributed by atoms with Crippen molar-refractivity contribution < 1.29 is 18.3 Å². The van der Waals surface area contributed by atoms with Crippen LogP contribution in [0.4, 0.5) is 0 Å². The summed E-state index contributed by atoms with van der Waals surface area (Å²) in [7, 11) is -2.25. The second kappa shape index (κ2) is 4.09. The van der Waals surface area contributed by atoms with Gasteiger partial charge in [0.15, 0.2) is 5.25 Å². The molecule has 1 fully saturated rings. The van der Waals surface area contributed by atoms with E-state index in [2.05, 4.69) is 0 Å². The number of nitrogens with zero attached hydrogens (tertiary/aromatic N) is 1. The van der Waals surface area contributed by atoms with Crippen LogP contribution in [0.2, 0.25) is 0 Å². The van der Waals surface area contributed by atoms with Crippen molar-refractivity contribution in [3.05, 3.63) is 0 Å². The molecule has 0 radical (unpaired) electrons. The third-order valence-electron chi connectivity index (χ3n) is 3.07. The molecule has 0 amide bonds. The first-order valence-electron chi connectivity index (χ1n) is 4.98. The van der Waals surface area contributed by atoms with Crippen LogP contribution in [-0.2, 0) is 14.8 Å². The standard InChI is InChI=1S/C9H17NO4S/c1-6(8-4-5-8)10(3)15(13,14)7(2)9(11)12/h6-8H,4-5H2,1-3H3,(H,11,12). The van der Waals surface area contributed by atoms with Gasteiger partial charge in [-0.15, -0.1) is 0 Å². The van der Waals surface area contributed by atoms with Gasteiger partial charge in [0, 0.05) is 13.1 Å². The van der Waals surface area contributed by atoms with Crippen LogP contribution in [0.1, 0.15) is 26.7 Å². The number of hydrogen-bond donors (Lipinski definition) is 1. The van der Waals surface area contributed by atoms with Gasteiger partial charge < -0.3 is 5.11 Å². The van der Waals surface area contributed by atoms with E-state index in [1.807, 2.05) is 6.92 Å². The summed E-state index contributed by atoms with van der Waals surface area (Å²) in [6.07, 6.45) is 2.06. The topological polar surface area (TPSA) is 74.7 Å². The highest BCUT2D eigenvalue weighted by Crippen LogP contribution is 2.35. The summed E-state index contributed by atoms with van der Waals surface area (Å²) in [5, 5.41) is 7.33. The van der Waals surface area contributed by atoms with Crippen molar-refractivity contribution in [1.82, 2.24) is 4.31 Å². The predicted molar refractivity (Wildman–Crippen MR) is 56.0 cm³/mol. The molecule has 0 aromatic heterocycles. The Kier molecular flexibility index (Phi) is 3.40. The summed E-state index contributed by atoms with van der Waals surface area (Å²) in [5.74, 6) is -0.907. The van der Waals surface area contributed by atoms with Gasteiger partial charge in [0.1, 0.15) is 0 Å². The molecular formula is C9H17NO4S. The fourth-order valence-corrected chi connectivity index (χ4v) is 2.87. The summed E-state index contributed by atoms with van der Waals surface area (Å²) < 4.78 is 24.8. The van der Waals surface area contributed by atoms with Gasteiger partial charge in [-0.1, -0.05) is 0 Å². The lowest BCUT2D eigenvalue weighted by atomic mass is 10.2. The Morgan fingerprint density at radius 2 is 1.87 bits per heavy atom. The predicted octanol–water partition coefficient (Wildman–Crippen LogP) is 0.520. The van der Waals surface area contributed by atoms with Gasteiger partial charge in [-0.3, -0.25) is 4.79 Å². The van der Waals surface area contributed by atoms with E-state index in [0.717, 1.165) is 12.8 Å². The quantitative estimate of drug-likeness (QED) is 0.754. The van der Waals surface area contributed by atoms with E-state index in [4.69, 9.17) is 5.11 Å². The van der Waals surface area contributed by atoms with Crippen molar-refractivity contribution >= 4 is 16.0 Å². The van der Waals surface area contributed by atoms with E-state index in [1.54, 1.807) is 0 Å². The van der Waals surface area contributed by atoms with Gasteiger partial charge in [0.05, 0.1) is 0 Å². The number of sulfonamides is 1.